The van der Waals surface area contributed by atoms with Crippen LogP contribution in [0, 0.1) is 5.92 Å². The van der Waals surface area contributed by atoms with Gasteiger partial charge in [-0.3, -0.25) is 9.11 Å². The van der Waals surface area contributed by atoms with Gasteiger partial charge in [0.05, 0.1) is 4.87 Å². The molecule has 0 N–H and O–H groups in total. The molecule has 3 nitrogen and oxygen atoms in total. The van der Waals surface area contributed by atoms with Crippen molar-refractivity contribution < 1.29 is 8.76 Å². The van der Waals surface area contributed by atoms with Crippen LogP contribution < -0.4 is 0 Å². The van der Waals surface area contributed by atoms with E-state index in [2.05, 4.69) is 11.8 Å². The Hall–Kier alpha value is 0.0700. The van der Waals surface area contributed by atoms with Crippen LogP contribution in [0.25, 0.3) is 0 Å². The highest BCUT2D eigenvalue weighted by Crippen LogP contribution is 2.27. The quantitative estimate of drug-likeness (QED) is 0.697. The molecular weight excluding hydrogens is 210 g/mol. The minimum absolute atomic E-state index is 0.697. The van der Waals surface area contributed by atoms with Crippen molar-refractivity contribution in [3.63, 3.8) is 0 Å². The summed E-state index contributed by atoms with van der Waals surface area (Å²) in [5, 5.41) is 0. The fraction of sp³-hybridized carbons (Fsp3) is 1.00. The van der Waals surface area contributed by atoms with Crippen LogP contribution in [0.2, 0.25) is 0 Å². The lowest BCUT2D eigenvalue weighted by molar-refractivity contribution is 0.119. The van der Waals surface area contributed by atoms with Crippen LogP contribution in [0.3, 0.4) is 0 Å². The summed E-state index contributed by atoms with van der Waals surface area (Å²) in [5.41, 5.74) is 0. The molecule has 0 saturated carbocycles. The fourth-order valence-electron chi connectivity index (χ4n) is 2.27. The molecule has 1 fully saturated rings. The highest BCUT2D eigenvalue weighted by Gasteiger charge is 2.31. The predicted molar refractivity (Wildman–Crippen MR) is 62.2 cm³/mol. The van der Waals surface area contributed by atoms with E-state index in [-0.39, 0.29) is 0 Å². The highest BCUT2D eigenvalue weighted by molar-refractivity contribution is 7.80. The Morgan fingerprint density at radius 2 is 1.93 bits per heavy atom. The van der Waals surface area contributed by atoms with Gasteiger partial charge in [-0.15, -0.1) is 0 Å². The lowest BCUT2D eigenvalue weighted by Crippen LogP contribution is -2.50. The van der Waals surface area contributed by atoms with Crippen LogP contribution in [0.15, 0.2) is 0 Å². The SMILES string of the molecule is CCCC1CCN(C(C)(C)S(=O)[O-])CC1. The van der Waals surface area contributed by atoms with E-state index in [9.17, 15) is 8.76 Å². The van der Waals surface area contributed by atoms with E-state index in [0.29, 0.717) is 0 Å². The van der Waals surface area contributed by atoms with Gasteiger partial charge in [0, 0.05) is 0 Å². The normalized spacial score (nSPS) is 22.9. The van der Waals surface area contributed by atoms with Crippen molar-refractivity contribution in [2.24, 2.45) is 5.92 Å². The molecule has 4 heteroatoms. The molecule has 0 aromatic carbocycles. The molecule has 1 unspecified atom stereocenters. The first-order chi connectivity index (χ1) is 6.98. The summed E-state index contributed by atoms with van der Waals surface area (Å²) in [6.45, 7) is 7.63. The van der Waals surface area contributed by atoms with E-state index >= 15 is 0 Å². The number of nitrogens with zero attached hydrogens (tertiary/aromatic N) is 1. The van der Waals surface area contributed by atoms with Gasteiger partial charge in [0.2, 0.25) is 0 Å². The van der Waals surface area contributed by atoms with E-state index in [1.807, 2.05) is 0 Å². The van der Waals surface area contributed by atoms with Gasteiger partial charge in [-0.05, 0) is 56.8 Å². The molecule has 1 heterocycles. The monoisotopic (exact) mass is 232 g/mol. The Balaban J connectivity index is 2.46. The lowest BCUT2D eigenvalue weighted by atomic mass is 9.92. The topological polar surface area (TPSA) is 43.4 Å². The third-order valence-corrected chi connectivity index (χ3v) is 4.55. The van der Waals surface area contributed by atoms with Gasteiger partial charge in [0.1, 0.15) is 0 Å². The van der Waals surface area contributed by atoms with Gasteiger partial charge in [-0.1, -0.05) is 19.8 Å². The Morgan fingerprint density at radius 3 is 2.33 bits per heavy atom. The molecular formula is C11H22NO2S-. The van der Waals surface area contributed by atoms with Crippen molar-refractivity contribution in [3.8, 4) is 0 Å². The second kappa shape index (κ2) is 5.41. The zero-order chi connectivity index (χ0) is 11.5. The zero-order valence-electron chi connectivity index (χ0n) is 9.99. The summed E-state index contributed by atoms with van der Waals surface area (Å²) in [6, 6.07) is 0. The smallest absolute Gasteiger partial charge is 0.0780 e. The first-order valence-corrected chi connectivity index (χ1v) is 6.90. The molecule has 0 aliphatic carbocycles. The molecule has 90 valence electrons. The summed E-state index contributed by atoms with van der Waals surface area (Å²) < 4.78 is 22.2. The molecule has 1 aliphatic heterocycles. The Kier molecular flexibility index (Phi) is 4.74. The fourth-order valence-corrected chi connectivity index (χ4v) is 2.67. The lowest BCUT2D eigenvalue weighted by Gasteiger charge is -2.43. The first kappa shape index (κ1) is 13.1. The van der Waals surface area contributed by atoms with Crippen LogP contribution in [0.5, 0.6) is 0 Å². The van der Waals surface area contributed by atoms with Crippen molar-refractivity contribution in [1.29, 1.82) is 0 Å². The summed E-state index contributed by atoms with van der Waals surface area (Å²) >= 11 is -2.01. The number of hydrogen-bond acceptors (Lipinski definition) is 3. The average molecular weight is 232 g/mol. The highest BCUT2D eigenvalue weighted by atomic mass is 32.2. The molecule has 1 saturated heterocycles. The largest absolute Gasteiger partial charge is 0.771 e. The van der Waals surface area contributed by atoms with Crippen LogP contribution in [0.4, 0.5) is 0 Å². The maximum Gasteiger partial charge on any atom is 0.0780 e. The van der Waals surface area contributed by atoms with E-state index in [0.717, 1.165) is 31.8 Å². The van der Waals surface area contributed by atoms with Crippen molar-refractivity contribution in [2.75, 3.05) is 13.1 Å². The van der Waals surface area contributed by atoms with Gasteiger partial charge in [0.25, 0.3) is 0 Å². The summed E-state index contributed by atoms with van der Waals surface area (Å²) in [6.07, 6.45) is 4.82. The molecule has 0 aromatic rings. The van der Waals surface area contributed by atoms with Gasteiger partial charge in [-0.25, -0.2) is 0 Å². The molecule has 0 spiro atoms. The van der Waals surface area contributed by atoms with Crippen LogP contribution >= 0.6 is 0 Å². The average Bonchev–Trinajstić information content (AvgIpc) is 2.19. The third kappa shape index (κ3) is 3.26. The Labute approximate surface area is 95.5 Å². The molecule has 15 heavy (non-hydrogen) atoms. The summed E-state index contributed by atoms with van der Waals surface area (Å²) in [4.78, 5) is 1.39. The van der Waals surface area contributed by atoms with Gasteiger partial charge >= 0.3 is 0 Å². The standard InChI is InChI=1S/C11H23NO2S/c1-4-5-10-6-8-12(9-7-10)11(2,3)15(13)14/h10H,4-9H2,1-3H3,(H,13,14)/p-1. The van der Waals surface area contributed by atoms with Crippen molar-refractivity contribution in [1.82, 2.24) is 4.90 Å². The van der Waals surface area contributed by atoms with Crippen LogP contribution in [0.1, 0.15) is 46.5 Å². The van der Waals surface area contributed by atoms with E-state index < -0.39 is 16.0 Å². The molecule has 0 amide bonds. The third-order valence-electron chi connectivity index (χ3n) is 3.48. The summed E-state index contributed by atoms with van der Waals surface area (Å²) in [5.74, 6) is 0.808. The maximum atomic E-state index is 11.1. The van der Waals surface area contributed by atoms with E-state index in [1.165, 1.54) is 12.8 Å². The Morgan fingerprint density at radius 1 is 1.40 bits per heavy atom. The number of likely N-dealkylation sites (tertiary alicyclic amines) is 1. The van der Waals surface area contributed by atoms with E-state index in [1.54, 1.807) is 13.8 Å². The van der Waals surface area contributed by atoms with Gasteiger partial charge in [0.15, 0.2) is 0 Å². The second-order valence-electron chi connectivity index (χ2n) is 4.90. The molecule has 1 atom stereocenters. The molecule has 1 aliphatic rings. The Bertz CT molecular complexity index is 223. The van der Waals surface area contributed by atoms with Crippen molar-refractivity contribution in [3.05, 3.63) is 0 Å². The zero-order valence-corrected chi connectivity index (χ0v) is 10.8. The summed E-state index contributed by atoms with van der Waals surface area (Å²) in [7, 11) is 0. The predicted octanol–water partition coefficient (Wildman–Crippen LogP) is 2.11. The minimum atomic E-state index is -2.01. The van der Waals surface area contributed by atoms with Crippen molar-refractivity contribution in [2.45, 2.75) is 51.3 Å². The van der Waals surface area contributed by atoms with E-state index in [4.69, 9.17) is 0 Å². The molecule has 1 rings (SSSR count). The number of hydrogen-bond donors (Lipinski definition) is 0. The van der Waals surface area contributed by atoms with Gasteiger partial charge < -0.3 is 4.55 Å². The molecule has 0 aromatic heterocycles. The van der Waals surface area contributed by atoms with Crippen LogP contribution in [-0.2, 0) is 11.1 Å². The van der Waals surface area contributed by atoms with Gasteiger partial charge in [-0.2, -0.15) is 0 Å². The number of piperidine rings is 1. The maximum absolute atomic E-state index is 11.1. The second-order valence-corrected chi connectivity index (χ2v) is 6.37. The van der Waals surface area contributed by atoms with Crippen molar-refractivity contribution >= 4 is 11.1 Å². The molecule has 0 radical (unpaired) electrons. The first-order valence-electron chi connectivity index (χ1n) is 5.83. The van der Waals surface area contributed by atoms with Crippen LogP contribution in [-0.4, -0.2) is 31.6 Å². The number of rotatable bonds is 4. The molecule has 0 bridgehead atoms. The minimum Gasteiger partial charge on any atom is -0.771 e.